The van der Waals surface area contributed by atoms with E-state index in [0.717, 1.165) is 32.9 Å². The first-order valence-corrected chi connectivity index (χ1v) is 12.8. The minimum absolute atomic E-state index is 0.00679. The van der Waals surface area contributed by atoms with E-state index in [-0.39, 0.29) is 11.9 Å². The van der Waals surface area contributed by atoms with E-state index in [2.05, 4.69) is 40.5 Å². The van der Waals surface area contributed by atoms with Crippen molar-refractivity contribution in [1.29, 1.82) is 0 Å². The number of benzene rings is 3. The predicted octanol–water partition coefficient (Wildman–Crippen LogP) is 5.38. The quantitative estimate of drug-likeness (QED) is 0.353. The normalized spacial score (nSPS) is 15.3. The highest BCUT2D eigenvalue weighted by Crippen LogP contribution is 2.43. The number of amides is 1. The maximum Gasteiger partial charge on any atom is 0.238 e. The van der Waals surface area contributed by atoms with Gasteiger partial charge >= 0.3 is 0 Å². The molecule has 3 aromatic carbocycles. The molecule has 2 heterocycles. The molecule has 0 spiro atoms. The number of hydrogen-bond donors (Lipinski definition) is 0. The van der Waals surface area contributed by atoms with Gasteiger partial charge in [-0.05, 0) is 23.3 Å². The van der Waals surface area contributed by atoms with Gasteiger partial charge in [0.2, 0.25) is 5.91 Å². The van der Waals surface area contributed by atoms with Crippen LogP contribution in [0.4, 0.5) is 5.69 Å². The van der Waals surface area contributed by atoms with Gasteiger partial charge in [-0.1, -0.05) is 84.6 Å². The zero-order chi connectivity index (χ0) is 22.6. The van der Waals surface area contributed by atoms with Gasteiger partial charge in [-0.15, -0.1) is 22.0 Å². The van der Waals surface area contributed by atoms with Crippen molar-refractivity contribution < 1.29 is 4.79 Å². The summed E-state index contributed by atoms with van der Waals surface area (Å²) in [7, 11) is 1.96. The second kappa shape index (κ2) is 9.85. The fraction of sp³-hybridized carbons (Fsp3) is 0.192. The Morgan fingerprint density at radius 2 is 1.67 bits per heavy atom. The summed E-state index contributed by atoms with van der Waals surface area (Å²) in [6.45, 7) is 0. The van der Waals surface area contributed by atoms with Crippen molar-refractivity contribution in [2.45, 2.75) is 22.5 Å². The average Bonchev–Trinajstić information content (AvgIpc) is 3.21. The Labute approximate surface area is 202 Å². The van der Waals surface area contributed by atoms with Gasteiger partial charge in [-0.25, -0.2) is 0 Å². The van der Waals surface area contributed by atoms with Crippen LogP contribution >= 0.6 is 23.5 Å². The molecule has 7 heteroatoms. The molecule has 5 rings (SSSR count). The molecule has 0 saturated heterocycles. The lowest BCUT2D eigenvalue weighted by Crippen LogP contribution is -2.39. The lowest BCUT2D eigenvalue weighted by molar-refractivity contribution is -0.116. The number of anilines is 1. The topological polar surface area (TPSA) is 51.0 Å². The lowest BCUT2D eigenvalue weighted by Gasteiger charge is -2.37. The van der Waals surface area contributed by atoms with E-state index < -0.39 is 0 Å². The number of aromatic nitrogens is 3. The van der Waals surface area contributed by atoms with Gasteiger partial charge in [0, 0.05) is 24.1 Å². The first-order valence-electron chi connectivity index (χ1n) is 10.8. The fourth-order valence-electron chi connectivity index (χ4n) is 4.02. The van der Waals surface area contributed by atoms with Crippen LogP contribution < -0.4 is 4.90 Å². The van der Waals surface area contributed by atoms with Crippen molar-refractivity contribution in [2.75, 3.05) is 16.4 Å². The van der Waals surface area contributed by atoms with E-state index in [1.807, 2.05) is 71.1 Å². The Kier molecular flexibility index (Phi) is 6.51. The predicted molar refractivity (Wildman–Crippen MR) is 135 cm³/mol. The van der Waals surface area contributed by atoms with Crippen molar-refractivity contribution in [3.05, 3.63) is 102 Å². The number of fused-ring (bicyclic) bond motifs is 1. The smallest absolute Gasteiger partial charge is 0.238 e. The maximum absolute atomic E-state index is 13.6. The number of thioether (sulfide) groups is 2. The average molecular weight is 473 g/mol. The van der Waals surface area contributed by atoms with E-state index >= 15 is 0 Å². The van der Waals surface area contributed by atoms with Crippen molar-refractivity contribution >= 4 is 35.1 Å². The molecule has 1 aliphatic rings. The van der Waals surface area contributed by atoms with Crippen LogP contribution in [0.2, 0.25) is 0 Å². The van der Waals surface area contributed by atoms with Crippen LogP contribution in [0.15, 0.2) is 95.0 Å². The van der Waals surface area contributed by atoms with Crippen LogP contribution in [0.5, 0.6) is 0 Å². The van der Waals surface area contributed by atoms with E-state index in [9.17, 15) is 4.79 Å². The second-order valence-corrected chi connectivity index (χ2v) is 9.88. The molecule has 0 fully saturated rings. The minimum Gasteiger partial charge on any atom is -0.309 e. The third-order valence-corrected chi connectivity index (χ3v) is 7.88. The van der Waals surface area contributed by atoms with Gasteiger partial charge in [0.1, 0.15) is 5.82 Å². The van der Waals surface area contributed by atoms with Crippen LogP contribution in [-0.4, -0.2) is 32.2 Å². The van der Waals surface area contributed by atoms with Gasteiger partial charge in [0.15, 0.2) is 5.16 Å². The maximum atomic E-state index is 13.6. The van der Waals surface area contributed by atoms with Gasteiger partial charge < -0.3 is 9.47 Å². The molecule has 0 bridgehead atoms. The number of hydrogen-bond acceptors (Lipinski definition) is 5. The molecule has 5 nitrogen and oxygen atoms in total. The zero-order valence-corrected chi connectivity index (χ0v) is 19.9. The van der Waals surface area contributed by atoms with Crippen LogP contribution in [-0.2, 0) is 18.3 Å². The van der Waals surface area contributed by atoms with Crippen molar-refractivity contribution in [1.82, 2.24) is 14.8 Å². The SMILES string of the molecule is Cn1c(Cc2ccccc2)nnc1SCC(=O)N1c2ccccc2SC[C@@H]1c1ccccc1. The largest absolute Gasteiger partial charge is 0.309 e. The minimum atomic E-state index is 0.00679. The Morgan fingerprint density at radius 3 is 2.45 bits per heavy atom. The van der Waals surface area contributed by atoms with Crippen LogP contribution in [0.1, 0.15) is 23.0 Å². The molecular formula is C26H24N4OS2. The Hall–Kier alpha value is -3.03. The number of rotatable bonds is 6. The molecule has 0 N–H and O–H groups in total. The molecule has 0 aliphatic carbocycles. The van der Waals surface area contributed by atoms with E-state index in [1.165, 1.54) is 17.3 Å². The summed E-state index contributed by atoms with van der Waals surface area (Å²) < 4.78 is 1.99. The Bertz CT molecular complexity index is 1240. The molecule has 1 atom stereocenters. The van der Waals surface area contributed by atoms with Crippen LogP contribution in [0.25, 0.3) is 0 Å². The Morgan fingerprint density at radius 1 is 0.970 bits per heavy atom. The molecule has 1 amide bonds. The van der Waals surface area contributed by atoms with E-state index in [0.29, 0.717) is 12.2 Å². The molecular weight excluding hydrogens is 448 g/mol. The number of nitrogens with zero attached hydrogens (tertiary/aromatic N) is 4. The number of para-hydroxylation sites is 1. The second-order valence-electron chi connectivity index (χ2n) is 7.88. The van der Waals surface area contributed by atoms with E-state index in [1.54, 1.807) is 11.8 Å². The summed E-state index contributed by atoms with van der Waals surface area (Å²) >= 11 is 3.25. The summed E-state index contributed by atoms with van der Waals surface area (Å²) in [5, 5.41) is 9.47. The molecule has 33 heavy (non-hydrogen) atoms. The molecule has 1 aromatic heterocycles. The summed E-state index contributed by atoms with van der Waals surface area (Å²) in [6, 6.07) is 28.7. The van der Waals surface area contributed by atoms with Crippen molar-refractivity contribution in [3.63, 3.8) is 0 Å². The lowest BCUT2D eigenvalue weighted by atomic mass is 10.1. The van der Waals surface area contributed by atoms with Gasteiger partial charge in [-0.2, -0.15) is 0 Å². The number of carbonyl (C=O) groups is 1. The third kappa shape index (κ3) is 4.70. The Balaban J connectivity index is 1.35. The van der Waals surface area contributed by atoms with Gasteiger partial charge in [0.25, 0.3) is 0 Å². The summed E-state index contributed by atoms with van der Waals surface area (Å²) in [4.78, 5) is 16.7. The van der Waals surface area contributed by atoms with Gasteiger partial charge in [-0.3, -0.25) is 4.79 Å². The first-order chi connectivity index (χ1) is 16.2. The third-order valence-electron chi connectivity index (χ3n) is 5.74. The molecule has 4 aromatic rings. The van der Waals surface area contributed by atoms with E-state index in [4.69, 9.17) is 0 Å². The molecule has 0 unspecified atom stereocenters. The highest BCUT2D eigenvalue weighted by molar-refractivity contribution is 8.00. The van der Waals surface area contributed by atoms with Crippen LogP contribution in [0.3, 0.4) is 0 Å². The molecule has 0 radical (unpaired) electrons. The van der Waals surface area contributed by atoms with Crippen LogP contribution in [0, 0.1) is 0 Å². The first kappa shape index (κ1) is 21.8. The van der Waals surface area contributed by atoms with Crippen molar-refractivity contribution in [3.8, 4) is 0 Å². The summed E-state index contributed by atoms with van der Waals surface area (Å²) in [5.74, 6) is 2.11. The highest BCUT2D eigenvalue weighted by atomic mass is 32.2. The molecule has 166 valence electrons. The van der Waals surface area contributed by atoms with Gasteiger partial charge in [0.05, 0.1) is 17.5 Å². The highest BCUT2D eigenvalue weighted by Gasteiger charge is 2.32. The summed E-state index contributed by atoms with van der Waals surface area (Å²) in [5.41, 5.74) is 3.33. The standard InChI is InChI=1S/C26H24N4OS2/c1-29-24(16-19-10-4-2-5-11-19)27-28-26(29)33-18-25(31)30-21-14-8-9-15-23(21)32-17-22(30)20-12-6-3-7-13-20/h2-15,22H,16-18H2,1H3/t22-/m1/s1. The van der Waals surface area contributed by atoms with Crippen molar-refractivity contribution in [2.24, 2.45) is 7.05 Å². The molecule has 1 aliphatic heterocycles. The fourth-order valence-corrected chi connectivity index (χ4v) is 5.97. The molecule has 0 saturated carbocycles. The zero-order valence-electron chi connectivity index (χ0n) is 18.3. The number of carbonyl (C=O) groups excluding carboxylic acids is 1. The summed E-state index contributed by atoms with van der Waals surface area (Å²) in [6.07, 6.45) is 0.714. The monoisotopic (exact) mass is 472 g/mol.